The van der Waals surface area contributed by atoms with Crippen LogP contribution in [0.4, 0.5) is 0 Å². The standard InChI is InChI=1S/C23H20ClN5O2/c1-4-17-18(14-9-6-5-7-10-14)28(16-12-8-11-15(24)13-16)22-25-20-19(29(17)22)21(30)27(3)23(31)26(20)2/h5-13H,4H2,1-3H3/p+1. The molecule has 7 nitrogen and oxygen atoms in total. The van der Waals surface area contributed by atoms with E-state index in [0.717, 1.165) is 27.2 Å². The molecule has 0 amide bonds. The topological polar surface area (TPSA) is 68.8 Å². The second-order valence-corrected chi connectivity index (χ2v) is 7.95. The van der Waals surface area contributed by atoms with Crippen molar-refractivity contribution in [2.75, 3.05) is 0 Å². The summed E-state index contributed by atoms with van der Waals surface area (Å²) in [5.74, 6) is 0.686. The SMILES string of the molecule is CCc1c(-c2ccccc2)n(-c2cccc(Cl)c2)c2[nH]c3c(c(=O)n(C)c(=O)n3C)[n+]12. The Bertz CT molecular complexity index is 1590. The van der Waals surface area contributed by atoms with Crippen LogP contribution in [0.3, 0.4) is 0 Å². The first-order valence-electron chi connectivity index (χ1n) is 10.0. The molecule has 0 radical (unpaired) electrons. The monoisotopic (exact) mass is 434 g/mol. The zero-order valence-electron chi connectivity index (χ0n) is 17.4. The molecule has 5 aromatic rings. The van der Waals surface area contributed by atoms with Gasteiger partial charge in [-0.3, -0.25) is 13.9 Å². The minimum atomic E-state index is -0.377. The molecule has 1 N–H and O–H groups in total. The summed E-state index contributed by atoms with van der Waals surface area (Å²) < 4.78 is 6.60. The number of nitrogens with one attached hydrogen (secondary N) is 1. The van der Waals surface area contributed by atoms with Crippen molar-refractivity contribution in [3.05, 3.63) is 86.2 Å². The summed E-state index contributed by atoms with van der Waals surface area (Å²) >= 11 is 6.33. The summed E-state index contributed by atoms with van der Waals surface area (Å²) in [6, 6.07) is 17.6. The number of benzene rings is 2. The number of hydrogen-bond acceptors (Lipinski definition) is 2. The molecule has 0 atom stereocenters. The number of rotatable bonds is 3. The van der Waals surface area contributed by atoms with Crippen LogP contribution in [0.15, 0.2) is 64.2 Å². The molecule has 3 heterocycles. The van der Waals surface area contributed by atoms with E-state index in [0.29, 0.717) is 28.4 Å². The van der Waals surface area contributed by atoms with Gasteiger partial charge in [0.2, 0.25) is 11.2 Å². The number of H-pyrrole nitrogens is 1. The van der Waals surface area contributed by atoms with Crippen LogP contribution < -0.4 is 15.6 Å². The van der Waals surface area contributed by atoms with Gasteiger partial charge in [-0.1, -0.05) is 54.9 Å². The molecule has 0 saturated carbocycles. The van der Waals surface area contributed by atoms with E-state index in [1.165, 1.54) is 11.6 Å². The first-order valence-corrected chi connectivity index (χ1v) is 10.4. The number of nitrogens with zero attached hydrogens (tertiary/aromatic N) is 4. The van der Waals surface area contributed by atoms with E-state index in [-0.39, 0.29) is 11.2 Å². The van der Waals surface area contributed by atoms with E-state index >= 15 is 0 Å². The van der Waals surface area contributed by atoms with E-state index in [4.69, 9.17) is 11.6 Å². The maximum atomic E-state index is 13.2. The van der Waals surface area contributed by atoms with E-state index in [1.54, 1.807) is 7.05 Å². The summed E-state index contributed by atoms with van der Waals surface area (Å²) in [5, 5.41) is 0.612. The molecule has 0 aliphatic rings. The van der Waals surface area contributed by atoms with Crippen molar-refractivity contribution in [3.8, 4) is 16.9 Å². The molecule has 5 rings (SSSR count). The normalized spacial score (nSPS) is 11.6. The van der Waals surface area contributed by atoms with Crippen LogP contribution in [0, 0.1) is 0 Å². The Kier molecular flexibility index (Phi) is 4.37. The molecule has 0 saturated heterocycles. The maximum absolute atomic E-state index is 13.2. The Morgan fingerprint density at radius 2 is 1.74 bits per heavy atom. The highest BCUT2D eigenvalue weighted by atomic mass is 35.5. The fourth-order valence-electron chi connectivity index (χ4n) is 4.28. The van der Waals surface area contributed by atoms with Crippen molar-refractivity contribution >= 4 is 28.5 Å². The average molecular weight is 435 g/mol. The number of hydrogen-bond donors (Lipinski definition) is 1. The summed E-state index contributed by atoms with van der Waals surface area (Å²) in [7, 11) is 3.16. The first-order chi connectivity index (χ1) is 14.9. The van der Waals surface area contributed by atoms with Crippen molar-refractivity contribution in [2.45, 2.75) is 13.3 Å². The van der Waals surface area contributed by atoms with E-state index < -0.39 is 0 Å². The highest BCUT2D eigenvalue weighted by molar-refractivity contribution is 6.30. The predicted octanol–water partition coefficient (Wildman–Crippen LogP) is 2.98. The molecule has 0 unspecified atom stereocenters. The molecule has 0 aliphatic heterocycles. The lowest BCUT2D eigenvalue weighted by atomic mass is 10.1. The highest BCUT2D eigenvalue weighted by Gasteiger charge is 2.32. The average Bonchev–Trinajstić information content (AvgIpc) is 3.31. The number of halogens is 1. The zero-order valence-corrected chi connectivity index (χ0v) is 18.1. The Balaban J connectivity index is 2.07. The van der Waals surface area contributed by atoms with Crippen molar-refractivity contribution < 1.29 is 4.40 Å². The Morgan fingerprint density at radius 1 is 1.00 bits per heavy atom. The lowest BCUT2D eigenvalue weighted by Gasteiger charge is -2.07. The smallest absolute Gasteiger partial charge is 0.267 e. The molecule has 31 heavy (non-hydrogen) atoms. The number of aromatic nitrogens is 5. The lowest BCUT2D eigenvalue weighted by Crippen LogP contribution is -2.40. The fourth-order valence-corrected chi connectivity index (χ4v) is 4.47. The van der Waals surface area contributed by atoms with Crippen LogP contribution >= 0.6 is 11.6 Å². The van der Waals surface area contributed by atoms with Gasteiger partial charge in [0.25, 0.3) is 5.56 Å². The van der Waals surface area contributed by atoms with Gasteiger partial charge in [-0.15, -0.1) is 0 Å². The van der Waals surface area contributed by atoms with Gasteiger partial charge < -0.3 is 0 Å². The molecular weight excluding hydrogens is 414 g/mol. The Labute approximate surface area is 182 Å². The van der Waals surface area contributed by atoms with Gasteiger partial charge in [0.1, 0.15) is 17.1 Å². The van der Waals surface area contributed by atoms with Crippen molar-refractivity contribution in [1.29, 1.82) is 0 Å². The van der Waals surface area contributed by atoms with Gasteiger partial charge in [-0.2, -0.15) is 8.97 Å². The second-order valence-electron chi connectivity index (χ2n) is 7.52. The third-order valence-electron chi connectivity index (χ3n) is 5.73. The van der Waals surface area contributed by atoms with Gasteiger partial charge in [-0.05, 0) is 18.2 Å². The van der Waals surface area contributed by atoms with E-state index in [9.17, 15) is 9.59 Å². The zero-order chi connectivity index (χ0) is 21.9. The second kappa shape index (κ2) is 6.99. The quantitative estimate of drug-likeness (QED) is 0.443. The number of aromatic amines is 1. The van der Waals surface area contributed by atoms with Crippen LogP contribution in [0.2, 0.25) is 5.02 Å². The molecule has 0 aliphatic carbocycles. The van der Waals surface area contributed by atoms with Crippen LogP contribution in [0.5, 0.6) is 0 Å². The molecule has 0 spiro atoms. The van der Waals surface area contributed by atoms with Crippen LogP contribution in [0.25, 0.3) is 33.9 Å². The van der Waals surface area contributed by atoms with Gasteiger partial charge >= 0.3 is 11.5 Å². The third-order valence-corrected chi connectivity index (χ3v) is 5.97. The van der Waals surface area contributed by atoms with Crippen molar-refractivity contribution in [3.63, 3.8) is 0 Å². The van der Waals surface area contributed by atoms with Crippen molar-refractivity contribution in [2.24, 2.45) is 14.1 Å². The summed E-state index contributed by atoms with van der Waals surface area (Å²) in [5.41, 5.74) is 4.01. The molecule has 0 bridgehead atoms. The molecular formula is C23H21ClN5O2+. The molecule has 2 aromatic carbocycles. The molecule has 8 heteroatoms. The largest absolute Gasteiger partial charge is 0.374 e. The lowest BCUT2D eigenvalue weighted by molar-refractivity contribution is -0.489. The summed E-state index contributed by atoms with van der Waals surface area (Å²) in [6.45, 7) is 2.06. The third kappa shape index (κ3) is 2.70. The van der Waals surface area contributed by atoms with Gasteiger partial charge in [0.05, 0.1) is 0 Å². The predicted molar refractivity (Wildman–Crippen MR) is 121 cm³/mol. The Morgan fingerprint density at radius 3 is 2.42 bits per heavy atom. The van der Waals surface area contributed by atoms with Gasteiger partial charge in [0, 0.05) is 31.1 Å². The number of aryl methyl sites for hydroxylation is 2. The Hall–Kier alpha value is -3.58. The minimum Gasteiger partial charge on any atom is -0.267 e. The first kappa shape index (κ1) is 19.4. The van der Waals surface area contributed by atoms with E-state index in [2.05, 4.69) is 16.5 Å². The minimum absolute atomic E-state index is 0.341. The van der Waals surface area contributed by atoms with E-state index in [1.807, 2.05) is 59.0 Å². The highest BCUT2D eigenvalue weighted by Crippen LogP contribution is 2.30. The van der Waals surface area contributed by atoms with Crippen molar-refractivity contribution in [1.82, 2.24) is 18.7 Å². The number of imidazole rings is 2. The molecule has 156 valence electrons. The van der Waals surface area contributed by atoms with Crippen LogP contribution in [-0.4, -0.2) is 18.7 Å². The maximum Gasteiger partial charge on any atom is 0.374 e. The van der Waals surface area contributed by atoms with Crippen LogP contribution in [0.1, 0.15) is 12.6 Å². The molecule has 3 aromatic heterocycles. The van der Waals surface area contributed by atoms with Gasteiger partial charge in [-0.25, -0.2) is 9.78 Å². The molecule has 0 fully saturated rings. The number of fused-ring (bicyclic) bond motifs is 3. The van der Waals surface area contributed by atoms with Crippen LogP contribution in [-0.2, 0) is 20.5 Å². The van der Waals surface area contributed by atoms with Gasteiger partial charge in [0.15, 0.2) is 0 Å². The fraction of sp³-hybridized carbons (Fsp3) is 0.174. The summed E-state index contributed by atoms with van der Waals surface area (Å²) in [4.78, 5) is 29.0. The summed E-state index contributed by atoms with van der Waals surface area (Å²) in [6.07, 6.45) is 0.678.